The second kappa shape index (κ2) is 6.75. The largest absolute Gasteiger partial charge is 0.400 e. The minimum absolute atomic E-state index is 0.0423. The van der Waals surface area contributed by atoms with Gasteiger partial charge in [0, 0.05) is 22.2 Å². The van der Waals surface area contributed by atoms with E-state index in [0.717, 1.165) is 11.1 Å². The highest BCUT2D eigenvalue weighted by Gasteiger charge is 2.58. The van der Waals surface area contributed by atoms with Crippen LogP contribution in [0.25, 0.3) is 6.08 Å². The van der Waals surface area contributed by atoms with Crippen molar-refractivity contribution in [1.82, 2.24) is 0 Å². The van der Waals surface area contributed by atoms with Crippen LogP contribution in [0.4, 0.5) is 13.2 Å². The minimum atomic E-state index is -4.48. The highest BCUT2D eigenvalue weighted by molar-refractivity contribution is 6.34. The molecule has 0 fully saturated rings. The van der Waals surface area contributed by atoms with Gasteiger partial charge in [0.05, 0.1) is 6.54 Å². The number of hydrogen-bond acceptors (Lipinski definition) is 1. The van der Waals surface area contributed by atoms with Gasteiger partial charge in [0.1, 0.15) is 5.41 Å². The Bertz CT molecular complexity index is 882. The first kappa shape index (κ1) is 19.0. The maximum absolute atomic E-state index is 14.1. The van der Waals surface area contributed by atoms with Crippen LogP contribution in [0.3, 0.4) is 0 Å². The molecule has 1 aliphatic heterocycles. The molecule has 0 saturated carbocycles. The topological polar surface area (TPSA) is 12.4 Å². The van der Waals surface area contributed by atoms with E-state index < -0.39 is 11.6 Å². The Balaban J connectivity index is 2.03. The van der Waals surface area contributed by atoms with Gasteiger partial charge in [-0.1, -0.05) is 48.0 Å². The molecule has 0 aliphatic carbocycles. The first-order valence-electron chi connectivity index (χ1n) is 7.96. The molecular weight excluding hydrogens is 382 g/mol. The SMILES string of the molecule is C=Cc1ccc(C2=NCC(c3cc(Cl)cc(Cl)c3)(C(F)(F)F)C2)cc1C. The predicted octanol–water partition coefficient (Wildman–Crippen LogP) is 6.64. The van der Waals surface area contributed by atoms with E-state index in [9.17, 15) is 13.2 Å². The van der Waals surface area contributed by atoms with Crippen LogP contribution in [-0.4, -0.2) is 18.4 Å². The van der Waals surface area contributed by atoms with Crippen molar-refractivity contribution in [1.29, 1.82) is 0 Å². The molecule has 2 aromatic carbocycles. The quantitative estimate of drug-likeness (QED) is 0.550. The first-order valence-corrected chi connectivity index (χ1v) is 8.72. The number of nitrogens with zero attached hydrogens (tertiary/aromatic N) is 1. The second-order valence-corrected chi connectivity index (χ2v) is 7.33. The molecule has 0 N–H and O–H groups in total. The van der Waals surface area contributed by atoms with Gasteiger partial charge in [0.25, 0.3) is 0 Å². The van der Waals surface area contributed by atoms with Gasteiger partial charge in [-0.25, -0.2) is 0 Å². The lowest BCUT2D eigenvalue weighted by Crippen LogP contribution is -2.43. The number of hydrogen-bond donors (Lipinski definition) is 0. The smallest absolute Gasteiger partial charge is 0.288 e. The molecule has 1 aliphatic rings. The van der Waals surface area contributed by atoms with E-state index in [1.807, 2.05) is 19.1 Å². The predicted molar refractivity (Wildman–Crippen MR) is 101 cm³/mol. The molecule has 0 radical (unpaired) electrons. The summed E-state index contributed by atoms with van der Waals surface area (Å²) in [6, 6.07) is 9.53. The molecule has 26 heavy (non-hydrogen) atoms. The molecule has 0 bridgehead atoms. The summed E-state index contributed by atoms with van der Waals surface area (Å²) in [6.07, 6.45) is -3.02. The third kappa shape index (κ3) is 3.28. The summed E-state index contributed by atoms with van der Waals surface area (Å²) in [6.45, 7) is 5.23. The van der Waals surface area contributed by atoms with Gasteiger partial charge in [-0.3, -0.25) is 4.99 Å². The zero-order valence-corrected chi connectivity index (χ0v) is 15.5. The van der Waals surface area contributed by atoms with Crippen molar-refractivity contribution in [2.75, 3.05) is 6.54 Å². The lowest BCUT2D eigenvalue weighted by molar-refractivity contribution is -0.183. The van der Waals surface area contributed by atoms with E-state index in [4.69, 9.17) is 23.2 Å². The van der Waals surface area contributed by atoms with Gasteiger partial charge >= 0.3 is 6.18 Å². The van der Waals surface area contributed by atoms with Gasteiger partial charge in [-0.05, 0) is 53.4 Å². The molecule has 0 spiro atoms. The molecule has 1 atom stereocenters. The molecule has 6 heteroatoms. The summed E-state index contributed by atoms with van der Waals surface area (Å²) in [5.41, 5.74) is 0.916. The molecule has 2 aromatic rings. The monoisotopic (exact) mass is 397 g/mol. The lowest BCUT2D eigenvalue weighted by Gasteiger charge is -2.31. The van der Waals surface area contributed by atoms with Crippen LogP contribution in [-0.2, 0) is 5.41 Å². The normalized spacial score (nSPS) is 20.2. The Hall–Kier alpha value is -1.78. The summed E-state index contributed by atoms with van der Waals surface area (Å²) in [7, 11) is 0. The first-order chi connectivity index (χ1) is 12.2. The van der Waals surface area contributed by atoms with Crippen molar-refractivity contribution in [3.8, 4) is 0 Å². The van der Waals surface area contributed by atoms with Gasteiger partial charge in [-0.15, -0.1) is 0 Å². The Morgan fingerprint density at radius 3 is 2.31 bits per heavy atom. The van der Waals surface area contributed by atoms with E-state index in [1.165, 1.54) is 18.2 Å². The van der Waals surface area contributed by atoms with E-state index in [-0.39, 0.29) is 28.6 Å². The molecule has 1 heterocycles. The van der Waals surface area contributed by atoms with E-state index >= 15 is 0 Å². The number of aryl methyl sites for hydroxylation is 1. The third-order valence-corrected chi connectivity index (χ3v) is 5.23. The molecule has 0 amide bonds. The molecule has 0 saturated heterocycles. The number of halogens is 5. The Kier molecular flexibility index (Phi) is 4.93. The average molecular weight is 398 g/mol. The summed E-state index contributed by atoms with van der Waals surface area (Å²) in [5.74, 6) is 0. The summed E-state index contributed by atoms with van der Waals surface area (Å²) < 4.78 is 42.2. The highest BCUT2D eigenvalue weighted by Crippen LogP contribution is 2.48. The van der Waals surface area contributed by atoms with Crippen molar-refractivity contribution >= 4 is 35.0 Å². The minimum Gasteiger partial charge on any atom is -0.288 e. The number of benzene rings is 2. The standard InChI is InChI=1S/C20H16Cl2F3N/c1-3-13-4-5-14(6-12(13)2)18-10-19(11-26-18,20(23,24)25)15-7-16(21)9-17(22)8-15/h3-9H,1,10-11H2,2H3. The van der Waals surface area contributed by atoms with Crippen molar-refractivity contribution in [2.24, 2.45) is 4.99 Å². The van der Waals surface area contributed by atoms with Crippen LogP contribution in [0.15, 0.2) is 48.0 Å². The van der Waals surface area contributed by atoms with Gasteiger partial charge in [0.15, 0.2) is 0 Å². The highest BCUT2D eigenvalue weighted by atomic mass is 35.5. The molecule has 136 valence electrons. The molecule has 1 nitrogen and oxygen atoms in total. The van der Waals surface area contributed by atoms with Crippen LogP contribution in [0.5, 0.6) is 0 Å². The van der Waals surface area contributed by atoms with Crippen molar-refractivity contribution < 1.29 is 13.2 Å². The fraction of sp³-hybridized carbons (Fsp3) is 0.250. The van der Waals surface area contributed by atoms with E-state index in [2.05, 4.69) is 11.6 Å². The molecular formula is C20H16Cl2F3N. The maximum Gasteiger partial charge on any atom is 0.400 e. The van der Waals surface area contributed by atoms with Crippen molar-refractivity contribution in [3.05, 3.63) is 75.3 Å². The fourth-order valence-corrected chi connectivity index (χ4v) is 3.81. The zero-order chi connectivity index (χ0) is 19.1. The van der Waals surface area contributed by atoms with Crippen LogP contribution in [0.2, 0.25) is 10.0 Å². The molecule has 0 aromatic heterocycles. The molecule has 3 rings (SSSR count). The molecule has 1 unspecified atom stereocenters. The van der Waals surface area contributed by atoms with Gasteiger partial charge < -0.3 is 0 Å². The van der Waals surface area contributed by atoms with Crippen LogP contribution in [0, 0.1) is 6.92 Å². The van der Waals surface area contributed by atoms with Crippen LogP contribution < -0.4 is 0 Å². The Morgan fingerprint density at radius 2 is 1.77 bits per heavy atom. The lowest BCUT2D eigenvalue weighted by atomic mass is 9.76. The Labute approximate surface area is 160 Å². The maximum atomic E-state index is 14.1. The fourth-order valence-electron chi connectivity index (χ4n) is 3.28. The van der Waals surface area contributed by atoms with Crippen molar-refractivity contribution in [3.63, 3.8) is 0 Å². The number of alkyl halides is 3. The zero-order valence-electron chi connectivity index (χ0n) is 14.0. The Morgan fingerprint density at radius 1 is 1.12 bits per heavy atom. The van der Waals surface area contributed by atoms with Crippen molar-refractivity contribution in [2.45, 2.75) is 24.9 Å². The summed E-state index contributed by atoms with van der Waals surface area (Å²) in [4.78, 5) is 4.24. The van der Waals surface area contributed by atoms with Crippen LogP contribution >= 0.6 is 23.2 Å². The summed E-state index contributed by atoms with van der Waals surface area (Å²) >= 11 is 11.9. The number of aliphatic imine (C=N–C) groups is 1. The van der Waals surface area contributed by atoms with E-state index in [0.29, 0.717) is 11.3 Å². The third-order valence-electron chi connectivity index (χ3n) is 4.79. The van der Waals surface area contributed by atoms with Crippen LogP contribution in [0.1, 0.15) is 28.7 Å². The summed E-state index contributed by atoms with van der Waals surface area (Å²) in [5, 5.41) is 0.353. The van der Waals surface area contributed by atoms with Gasteiger partial charge in [0.2, 0.25) is 0 Å². The second-order valence-electron chi connectivity index (χ2n) is 6.45. The average Bonchev–Trinajstić information content (AvgIpc) is 3.00. The van der Waals surface area contributed by atoms with E-state index in [1.54, 1.807) is 12.1 Å². The van der Waals surface area contributed by atoms with Gasteiger partial charge in [-0.2, -0.15) is 13.2 Å². The number of rotatable bonds is 3.